The van der Waals surface area contributed by atoms with Crippen LogP contribution in [0.2, 0.25) is 0 Å². The third-order valence-corrected chi connectivity index (χ3v) is 4.60. The summed E-state index contributed by atoms with van der Waals surface area (Å²) in [6.07, 6.45) is 1.28. The van der Waals surface area contributed by atoms with E-state index in [4.69, 9.17) is 0 Å². The predicted molar refractivity (Wildman–Crippen MR) is 103 cm³/mol. The number of amides is 1. The second-order valence-corrected chi connectivity index (χ2v) is 6.59. The molecule has 0 spiro atoms. The Bertz CT molecular complexity index is 1150. The summed E-state index contributed by atoms with van der Waals surface area (Å²) >= 11 is 0. The number of hydrogen-bond acceptors (Lipinski definition) is 5. The Labute approximate surface area is 155 Å². The topological polar surface area (TPSA) is 96.9 Å². The third kappa shape index (κ3) is 2.88. The first-order chi connectivity index (χ1) is 12.6. The molecule has 1 aromatic heterocycles. The molecule has 27 heavy (non-hydrogen) atoms. The van der Waals surface area contributed by atoms with Crippen LogP contribution >= 0.6 is 0 Å². The van der Waals surface area contributed by atoms with E-state index >= 15 is 0 Å². The number of carbonyl (C=O) groups excluding carboxylic acids is 1. The van der Waals surface area contributed by atoms with Crippen molar-refractivity contribution >= 4 is 23.4 Å². The van der Waals surface area contributed by atoms with Crippen LogP contribution in [0, 0.1) is 13.8 Å². The average Bonchev–Trinajstić information content (AvgIpc) is 2.89. The molecular formula is C19H20N4O4. The first-order valence-corrected chi connectivity index (χ1v) is 8.31. The summed E-state index contributed by atoms with van der Waals surface area (Å²) < 4.78 is 1.82. The maximum atomic E-state index is 12.9. The van der Waals surface area contributed by atoms with Gasteiger partial charge < -0.3 is 5.11 Å². The first-order valence-electron chi connectivity index (χ1n) is 8.31. The SMILES string of the molecule is CC1=NN(c2ccc(C)cc2C)C(=O)/C1=C/c1c(O)n(C)c(=O)n(C)c1=O. The lowest BCUT2D eigenvalue weighted by molar-refractivity contribution is -0.114. The molecule has 0 saturated heterocycles. The molecule has 0 aliphatic carbocycles. The number of benzene rings is 1. The molecule has 0 fully saturated rings. The van der Waals surface area contributed by atoms with Crippen molar-refractivity contribution in [3.05, 3.63) is 61.3 Å². The zero-order chi connectivity index (χ0) is 20.0. The quantitative estimate of drug-likeness (QED) is 0.806. The fraction of sp³-hybridized carbons (Fsp3) is 0.263. The molecule has 1 amide bonds. The smallest absolute Gasteiger partial charge is 0.333 e. The maximum Gasteiger partial charge on any atom is 0.333 e. The highest BCUT2D eigenvalue weighted by atomic mass is 16.3. The van der Waals surface area contributed by atoms with E-state index in [1.54, 1.807) is 6.92 Å². The van der Waals surface area contributed by atoms with Crippen LogP contribution in [0.25, 0.3) is 6.08 Å². The number of aryl methyl sites for hydroxylation is 2. The fourth-order valence-corrected chi connectivity index (χ4v) is 3.02. The van der Waals surface area contributed by atoms with E-state index < -0.39 is 23.0 Å². The first kappa shape index (κ1) is 18.4. The number of anilines is 1. The number of hydrogen-bond donors (Lipinski definition) is 1. The van der Waals surface area contributed by atoms with Gasteiger partial charge in [-0.15, -0.1) is 0 Å². The van der Waals surface area contributed by atoms with E-state index in [1.807, 2.05) is 32.0 Å². The highest BCUT2D eigenvalue weighted by molar-refractivity contribution is 6.32. The lowest BCUT2D eigenvalue weighted by Gasteiger charge is -2.15. The molecule has 3 rings (SSSR count). The van der Waals surface area contributed by atoms with Gasteiger partial charge in [-0.1, -0.05) is 17.7 Å². The van der Waals surface area contributed by atoms with Crippen LogP contribution in [0.15, 0.2) is 38.5 Å². The summed E-state index contributed by atoms with van der Waals surface area (Å²) in [5, 5.41) is 15.8. The summed E-state index contributed by atoms with van der Waals surface area (Å²) in [5.41, 5.74) is 1.72. The highest BCUT2D eigenvalue weighted by Crippen LogP contribution is 2.28. The van der Waals surface area contributed by atoms with Crippen LogP contribution in [0.4, 0.5) is 5.69 Å². The molecule has 140 valence electrons. The Morgan fingerprint density at radius 2 is 1.70 bits per heavy atom. The van der Waals surface area contributed by atoms with Crippen LogP contribution in [0.1, 0.15) is 23.6 Å². The van der Waals surface area contributed by atoms with Crippen molar-refractivity contribution < 1.29 is 9.90 Å². The van der Waals surface area contributed by atoms with E-state index in [-0.39, 0.29) is 11.1 Å². The van der Waals surface area contributed by atoms with Crippen molar-refractivity contribution in [3.63, 3.8) is 0 Å². The van der Waals surface area contributed by atoms with Gasteiger partial charge in [0, 0.05) is 14.1 Å². The van der Waals surface area contributed by atoms with Crippen molar-refractivity contribution in [3.8, 4) is 5.88 Å². The molecule has 8 nitrogen and oxygen atoms in total. The van der Waals surface area contributed by atoms with Crippen LogP contribution < -0.4 is 16.3 Å². The molecule has 1 aromatic carbocycles. The lowest BCUT2D eigenvalue weighted by Crippen LogP contribution is -2.38. The van der Waals surface area contributed by atoms with E-state index in [1.165, 1.54) is 25.2 Å². The molecule has 0 unspecified atom stereocenters. The number of nitrogens with zero attached hydrogens (tertiary/aromatic N) is 4. The lowest BCUT2D eigenvalue weighted by atomic mass is 10.1. The summed E-state index contributed by atoms with van der Waals surface area (Å²) in [4.78, 5) is 37.2. The van der Waals surface area contributed by atoms with Gasteiger partial charge in [0.15, 0.2) is 0 Å². The molecule has 0 atom stereocenters. The van der Waals surface area contributed by atoms with E-state index in [0.717, 1.165) is 20.3 Å². The van der Waals surface area contributed by atoms with E-state index in [0.29, 0.717) is 11.4 Å². The molecule has 2 heterocycles. The number of aromatic nitrogens is 2. The molecule has 2 aromatic rings. The molecule has 0 bridgehead atoms. The minimum atomic E-state index is -0.686. The molecule has 0 saturated carbocycles. The largest absolute Gasteiger partial charge is 0.494 e. The van der Waals surface area contributed by atoms with Crippen LogP contribution in [0.5, 0.6) is 5.88 Å². The Morgan fingerprint density at radius 3 is 2.33 bits per heavy atom. The van der Waals surface area contributed by atoms with E-state index in [2.05, 4.69) is 5.10 Å². The second kappa shape index (κ2) is 6.39. The molecular weight excluding hydrogens is 348 g/mol. The van der Waals surface area contributed by atoms with Crippen LogP contribution in [-0.2, 0) is 18.9 Å². The van der Waals surface area contributed by atoms with Gasteiger partial charge in [0.05, 0.1) is 17.0 Å². The van der Waals surface area contributed by atoms with Gasteiger partial charge >= 0.3 is 5.69 Å². The normalized spacial score (nSPS) is 15.6. The number of aromatic hydroxyl groups is 1. The van der Waals surface area contributed by atoms with Gasteiger partial charge in [-0.2, -0.15) is 10.1 Å². The number of carbonyl (C=O) groups is 1. The van der Waals surface area contributed by atoms with Crippen LogP contribution in [0.3, 0.4) is 0 Å². The van der Waals surface area contributed by atoms with E-state index in [9.17, 15) is 19.5 Å². The minimum absolute atomic E-state index is 0.139. The number of hydrazone groups is 1. The average molecular weight is 368 g/mol. The molecule has 8 heteroatoms. The molecule has 1 N–H and O–H groups in total. The molecule has 1 aliphatic heterocycles. The van der Waals surface area contributed by atoms with Crippen molar-refractivity contribution in [2.45, 2.75) is 20.8 Å². The van der Waals surface area contributed by atoms with Gasteiger partial charge in [-0.05, 0) is 38.5 Å². The predicted octanol–water partition coefficient (Wildman–Crippen LogP) is 1.21. The van der Waals surface area contributed by atoms with Gasteiger partial charge in [-0.25, -0.2) is 4.79 Å². The maximum absolute atomic E-state index is 12.9. The van der Waals surface area contributed by atoms with Gasteiger partial charge in [0.25, 0.3) is 11.5 Å². The van der Waals surface area contributed by atoms with Crippen molar-refractivity contribution in [2.24, 2.45) is 19.2 Å². The van der Waals surface area contributed by atoms with Gasteiger partial charge in [0.2, 0.25) is 5.88 Å². The second-order valence-electron chi connectivity index (χ2n) is 6.59. The van der Waals surface area contributed by atoms with Crippen molar-refractivity contribution in [1.29, 1.82) is 0 Å². The highest BCUT2D eigenvalue weighted by Gasteiger charge is 2.30. The van der Waals surface area contributed by atoms with Crippen molar-refractivity contribution in [2.75, 3.05) is 5.01 Å². The van der Waals surface area contributed by atoms with Crippen molar-refractivity contribution in [1.82, 2.24) is 9.13 Å². The zero-order valence-electron chi connectivity index (χ0n) is 15.8. The summed E-state index contributed by atoms with van der Waals surface area (Å²) in [5.74, 6) is -0.907. The van der Waals surface area contributed by atoms with Gasteiger partial charge in [-0.3, -0.25) is 18.7 Å². The standard InChI is InChI=1S/C19H20N4O4/c1-10-6-7-15(11(2)8-10)23-18(26)13(12(3)20-23)9-14-16(24)21(4)19(27)22(5)17(14)25/h6-9,24H,1-5H3/b13-9+. The van der Waals surface area contributed by atoms with Crippen LogP contribution in [-0.4, -0.2) is 25.9 Å². The Balaban J connectivity index is 2.13. The Hall–Kier alpha value is -3.42. The monoisotopic (exact) mass is 368 g/mol. The third-order valence-electron chi connectivity index (χ3n) is 4.60. The molecule has 1 aliphatic rings. The fourth-order valence-electron chi connectivity index (χ4n) is 3.02. The summed E-state index contributed by atoms with van der Waals surface area (Å²) in [7, 11) is 2.66. The zero-order valence-corrected chi connectivity index (χ0v) is 15.8. The summed E-state index contributed by atoms with van der Waals surface area (Å²) in [6, 6.07) is 5.64. The molecule has 0 radical (unpaired) electrons. The number of rotatable bonds is 2. The van der Waals surface area contributed by atoms with Gasteiger partial charge in [0.1, 0.15) is 5.56 Å². The summed E-state index contributed by atoms with van der Waals surface area (Å²) in [6.45, 7) is 5.49. The minimum Gasteiger partial charge on any atom is -0.494 e. The Morgan fingerprint density at radius 1 is 1.04 bits per heavy atom. The Kier molecular flexibility index (Phi) is 4.35.